The van der Waals surface area contributed by atoms with Crippen LogP contribution in [0.15, 0.2) is 65.9 Å². The van der Waals surface area contributed by atoms with Crippen molar-refractivity contribution >= 4 is 22.8 Å². The van der Waals surface area contributed by atoms with Gasteiger partial charge in [0.15, 0.2) is 5.65 Å². The number of aliphatic imine (C=N–C) groups is 1. The van der Waals surface area contributed by atoms with E-state index < -0.39 is 0 Å². The Morgan fingerprint density at radius 3 is 2.76 bits per heavy atom. The van der Waals surface area contributed by atoms with E-state index in [-0.39, 0.29) is 0 Å². The minimum Gasteiger partial charge on any atom is -0.329 e. The number of unbranched alkanes of at least 4 members (excludes halogenated alkanes) is 1. The first kappa shape index (κ1) is 18.7. The number of hydrogen-bond donors (Lipinski definition) is 2. The van der Waals surface area contributed by atoms with Crippen molar-refractivity contribution in [2.24, 2.45) is 4.99 Å². The summed E-state index contributed by atoms with van der Waals surface area (Å²) in [4.78, 5) is 18.2. The highest BCUT2D eigenvalue weighted by Crippen LogP contribution is 2.17. The summed E-state index contributed by atoms with van der Waals surface area (Å²) in [6, 6.07) is 16.2. The maximum atomic E-state index is 4.61. The lowest BCUT2D eigenvalue weighted by Gasteiger charge is -2.07. The van der Waals surface area contributed by atoms with Crippen LogP contribution < -0.4 is 5.32 Å². The molecule has 1 aromatic carbocycles. The number of pyridine rings is 1. The van der Waals surface area contributed by atoms with Gasteiger partial charge in [-0.3, -0.25) is 15.1 Å². The quantitative estimate of drug-likeness (QED) is 0.282. The number of aromatic nitrogens is 5. The number of aromatic amines is 1. The fourth-order valence-electron chi connectivity index (χ4n) is 3.05. The third-order valence-electron chi connectivity index (χ3n) is 4.56. The lowest BCUT2D eigenvalue weighted by Crippen LogP contribution is -2.09. The summed E-state index contributed by atoms with van der Waals surface area (Å²) in [6.45, 7) is 2.75. The van der Waals surface area contributed by atoms with Crippen LogP contribution in [0.2, 0.25) is 0 Å². The average Bonchev–Trinajstić information content (AvgIpc) is 3.29. The minimum atomic E-state index is 0.581. The van der Waals surface area contributed by atoms with Gasteiger partial charge in [0.2, 0.25) is 0 Å². The first-order valence-corrected chi connectivity index (χ1v) is 9.73. The van der Waals surface area contributed by atoms with Crippen LogP contribution in [0.5, 0.6) is 0 Å². The van der Waals surface area contributed by atoms with Gasteiger partial charge in [0.05, 0.1) is 17.7 Å². The molecule has 0 atom stereocenters. The maximum Gasteiger partial charge on any atom is 0.180 e. The smallest absolute Gasteiger partial charge is 0.180 e. The third-order valence-corrected chi connectivity index (χ3v) is 4.56. The van der Waals surface area contributed by atoms with Gasteiger partial charge >= 0.3 is 0 Å². The third kappa shape index (κ3) is 5.01. The molecule has 0 fully saturated rings. The number of benzene rings is 1. The molecule has 7 heteroatoms. The van der Waals surface area contributed by atoms with Gasteiger partial charge < -0.3 is 5.32 Å². The molecule has 0 aliphatic heterocycles. The Labute approximate surface area is 169 Å². The lowest BCUT2D eigenvalue weighted by molar-refractivity contribution is 0.745. The van der Waals surface area contributed by atoms with E-state index in [1.54, 1.807) is 12.4 Å². The average molecular weight is 385 g/mol. The van der Waals surface area contributed by atoms with Crippen LogP contribution in [0, 0.1) is 0 Å². The van der Waals surface area contributed by atoms with E-state index in [1.165, 1.54) is 5.56 Å². The van der Waals surface area contributed by atoms with Gasteiger partial charge in [-0.1, -0.05) is 30.3 Å². The molecule has 2 N–H and O–H groups in total. The van der Waals surface area contributed by atoms with E-state index in [4.69, 9.17) is 0 Å². The monoisotopic (exact) mass is 385 g/mol. The van der Waals surface area contributed by atoms with Crippen LogP contribution in [-0.4, -0.2) is 37.5 Å². The zero-order valence-electron chi connectivity index (χ0n) is 16.3. The van der Waals surface area contributed by atoms with Gasteiger partial charge in [-0.2, -0.15) is 5.10 Å². The largest absolute Gasteiger partial charge is 0.329 e. The summed E-state index contributed by atoms with van der Waals surface area (Å²) >= 11 is 0. The van der Waals surface area contributed by atoms with Gasteiger partial charge in [-0.05, 0) is 49.9 Å². The van der Waals surface area contributed by atoms with Crippen LogP contribution in [0.1, 0.15) is 25.3 Å². The van der Waals surface area contributed by atoms with Crippen LogP contribution in [0.3, 0.4) is 0 Å². The molecule has 0 spiro atoms. The predicted octanol–water partition coefficient (Wildman–Crippen LogP) is 4.27. The van der Waals surface area contributed by atoms with E-state index in [9.17, 15) is 0 Å². The zero-order chi connectivity index (χ0) is 19.9. The summed E-state index contributed by atoms with van der Waals surface area (Å²) in [7, 11) is 0. The van der Waals surface area contributed by atoms with E-state index in [2.05, 4.69) is 59.7 Å². The number of fused-ring (bicyclic) bond motifs is 1. The number of hydrogen-bond acceptors (Lipinski definition) is 5. The molecule has 0 saturated heterocycles. The van der Waals surface area contributed by atoms with Crippen molar-refractivity contribution in [3.8, 4) is 11.4 Å². The molecule has 29 heavy (non-hydrogen) atoms. The predicted molar refractivity (Wildman–Crippen MR) is 116 cm³/mol. The van der Waals surface area contributed by atoms with Crippen LogP contribution in [0.4, 0.5) is 5.82 Å². The highest BCUT2D eigenvalue weighted by Gasteiger charge is 2.06. The van der Waals surface area contributed by atoms with Crippen LogP contribution in [-0.2, 0) is 6.42 Å². The maximum absolute atomic E-state index is 4.61. The van der Waals surface area contributed by atoms with Gasteiger partial charge in [0.1, 0.15) is 17.0 Å². The molecule has 0 bridgehead atoms. The lowest BCUT2D eigenvalue weighted by atomic mass is 10.1. The number of anilines is 1. The summed E-state index contributed by atoms with van der Waals surface area (Å²) < 4.78 is 0. The molecule has 0 unspecified atom stereocenters. The number of nitrogens with zero attached hydrogens (tertiary/aromatic N) is 5. The first-order valence-electron chi connectivity index (χ1n) is 9.73. The standard InChI is InChI=1S/C22H23N7/c1-16(23-13-6-5-9-17-7-3-2-4-8-17)26-21-11-10-19-22(28-21)27-20(15-24-19)18-12-14-25-29-18/h2-4,7-8,10-12,14-15H,5-6,9,13H2,1H3,(H,25,29)(H,23,26,27,28). The molecule has 0 radical (unpaired) electrons. The molecule has 7 nitrogen and oxygen atoms in total. The molecule has 0 saturated carbocycles. The molecule has 3 heterocycles. The van der Waals surface area contributed by atoms with Crippen molar-refractivity contribution < 1.29 is 0 Å². The van der Waals surface area contributed by atoms with Crippen molar-refractivity contribution in [3.05, 3.63) is 66.5 Å². The van der Waals surface area contributed by atoms with Gasteiger partial charge in [-0.25, -0.2) is 9.97 Å². The number of nitrogens with one attached hydrogen (secondary N) is 2. The molecule has 4 rings (SSSR count). The molecule has 4 aromatic rings. The second kappa shape index (κ2) is 9.05. The molecule has 0 aliphatic rings. The second-order valence-corrected chi connectivity index (χ2v) is 6.80. The fourth-order valence-corrected chi connectivity index (χ4v) is 3.05. The minimum absolute atomic E-state index is 0.581. The fraction of sp³-hybridized carbons (Fsp3) is 0.227. The second-order valence-electron chi connectivity index (χ2n) is 6.80. The van der Waals surface area contributed by atoms with Crippen molar-refractivity contribution in [2.75, 3.05) is 11.9 Å². The van der Waals surface area contributed by atoms with Crippen LogP contribution >= 0.6 is 0 Å². The SMILES string of the molecule is CC(=NCCCCc1ccccc1)Nc1ccc2ncc(-c3ccn[nH]3)nc2n1. The van der Waals surface area contributed by atoms with Crippen molar-refractivity contribution in [1.82, 2.24) is 25.1 Å². The Morgan fingerprint density at radius 2 is 1.93 bits per heavy atom. The van der Waals surface area contributed by atoms with Crippen LogP contribution in [0.25, 0.3) is 22.6 Å². The molecule has 3 aromatic heterocycles. The molecular formula is C22H23N7. The van der Waals surface area contributed by atoms with E-state index in [1.807, 2.05) is 31.2 Å². The van der Waals surface area contributed by atoms with Gasteiger partial charge in [0, 0.05) is 12.7 Å². The van der Waals surface area contributed by atoms with Gasteiger partial charge in [0.25, 0.3) is 0 Å². The summed E-state index contributed by atoms with van der Waals surface area (Å²) in [5.41, 5.74) is 4.23. The molecule has 146 valence electrons. The molecule has 0 amide bonds. The number of H-pyrrole nitrogens is 1. The Kier molecular flexibility index (Phi) is 5.85. The highest BCUT2D eigenvalue weighted by molar-refractivity contribution is 5.93. The van der Waals surface area contributed by atoms with E-state index in [0.29, 0.717) is 17.2 Å². The highest BCUT2D eigenvalue weighted by atomic mass is 15.1. The Morgan fingerprint density at radius 1 is 1.03 bits per heavy atom. The summed E-state index contributed by atoms with van der Waals surface area (Å²) in [6.07, 6.45) is 6.67. The Hall–Kier alpha value is -3.61. The zero-order valence-corrected chi connectivity index (χ0v) is 16.3. The molecular weight excluding hydrogens is 362 g/mol. The normalized spacial score (nSPS) is 11.7. The topological polar surface area (TPSA) is 91.7 Å². The van der Waals surface area contributed by atoms with Crippen molar-refractivity contribution in [3.63, 3.8) is 0 Å². The van der Waals surface area contributed by atoms with E-state index >= 15 is 0 Å². The summed E-state index contributed by atoms with van der Waals surface area (Å²) in [5, 5.41) is 10.1. The molecule has 0 aliphatic carbocycles. The van der Waals surface area contributed by atoms with Gasteiger partial charge in [-0.15, -0.1) is 0 Å². The van der Waals surface area contributed by atoms with Crippen molar-refractivity contribution in [1.29, 1.82) is 0 Å². The number of rotatable bonds is 7. The number of aryl methyl sites for hydroxylation is 1. The summed E-state index contributed by atoms with van der Waals surface area (Å²) in [5.74, 6) is 1.55. The Bertz CT molecular complexity index is 1090. The van der Waals surface area contributed by atoms with E-state index in [0.717, 1.165) is 42.9 Å². The first-order chi connectivity index (χ1) is 14.3. The Balaban J connectivity index is 1.34. The van der Waals surface area contributed by atoms with Crippen molar-refractivity contribution in [2.45, 2.75) is 26.2 Å². The number of amidine groups is 1.